The van der Waals surface area contributed by atoms with Gasteiger partial charge >= 0.3 is 6.18 Å². The molecule has 3 aromatic rings. The molecule has 0 aliphatic carbocycles. The van der Waals surface area contributed by atoms with E-state index < -0.39 is 12.2 Å². The third-order valence-electron chi connectivity index (χ3n) is 6.10. The lowest BCUT2D eigenvalue weighted by Gasteiger charge is -2.19. The first kappa shape index (κ1) is 31.6. The number of allylic oxidation sites excluding steroid dienone is 2. The summed E-state index contributed by atoms with van der Waals surface area (Å²) in [6, 6.07) is 10.6. The van der Waals surface area contributed by atoms with Crippen LogP contribution in [0, 0.1) is 55.2 Å². The van der Waals surface area contributed by atoms with Gasteiger partial charge in [-0.3, -0.25) is 4.98 Å². The van der Waals surface area contributed by atoms with Gasteiger partial charge in [-0.15, -0.1) is 0 Å². The van der Waals surface area contributed by atoms with Crippen LogP contribution >= 0.6 is 11.9 Å². The number of nitrogens with zero attached hydrogens (tertiary/aromatic N) is 3. The van der Waals surface area contributed by atoms with Gasteiger partial charge in [0.15, 0.2) is 0 Å². The van der Waals surface area contributed by atoms with Crippen LogP contribution in [0.1, 0.15) is 60.9 Å². The van der Waals surface area contributed by atoms with Crippen molar-refractivity contribution < 1.29 is 22.0 Å². The highest BCUT2D eigenvalue weighted by atomic mass is 32.2. The Balaban J connectivity index is 0.000000568. The van der Waals surface area contributed by atoms with Gasteiger partial charge in [0.25, 0.3) is 0 Å². The highest BCUT2D eigenvalue weighted by molar-refractivity contribution is 7.97. The number of hydrogen-bond donors (Lipinski definition) is 1. The first-order chi connectivity index (χ1) is 18.3. The van der Waals surface area contributed by atoms with E-state index >= 15 is 0 Å². The molecular formula is C29H30F4N4OS. The molecule has 0 aliphatic rings. The monoisotopic (exact) mass is 558 g/mol. The number of furan rings is 1. The number of benzene rings is 1. The third-order valence-corrected chi connectivity index (χ3v) is 7.05. The van der Waals surface area contributed by atoms with E-state index in [2.05, 4.69) is 15.8 Å². The van der Waals surface area contributed by atoms with Gasteiger partial charge in [0.05, 0.1) is 23.1 Å². The van der Waals surface area contributed by atoms with Crippen molar-refractivity contribution >= 4 is 23.1 Å². The number of nitrogens with one attached hydrogen (secondary N) is 1. The van der Waals surface area contributed by atoms with E-state index in [0.29, 0.717) is 44.2 Å². The summed E-state index contributed by atoms with van der Waals surface area (Å²) in [5.74, 6) is 0.265. The van der Waals surface area contributed by atoms with Gasteiger partial charge < -0.3 is 4.42 Å². The van der Waals surface area contributed by atoms with Crippen LogP contribution in [0.25, 0.3) is 11.1 Å². The molecule has 0 radical (unpaired) electrons. The maximum atomic E-state index is 14.3. The Labute approximate surface area is 230 Å². The third kappa shape index (κ3) is 8.44. The number of alkyl halides is 3. The summed E-state index contributed by atoms with van der Waals surface area (Å²) in [6.07, 6.45) is -0.629. The first-order valence-corrected chi connectivity index (χ1v) is 13.0. The molecule has 0 bridgehead atoms. The van der Waals surface area contributed by atoms with Crippen LogP contribution in [-0.4, -0.2) is 17.2 Å². The number of aryl methyl sites for hydroxylation is 3. The Morgan fingerprint density at radius 2 is 1.79 bits per heavy atom. The van der Waals surface area contributed by atoms with Crippen molar-refractivity contribution in [3.63, 3.8) is 0 Å². The zero-order valence-electron chi connectivity index (χ0n) is 22.6. The number of rotatable bonds is 7. The van der Waals surface area contributed by atoms with Gasteiger partial charge in [-0.1, -0.05) is 19.9 Å². The molecule has 0 fully saturated rings. The second-order valence-electron chi connectivity index (χ2n) is 8.99. The Morgan fingerprint density at radius 3 is 2.26 bits per heavy atom. The SMILES string of the molecule is CCC(C)/C(=C(/C#N)c1cc(F)c(C)cc1C)c1ccc(SNC(C)C(F)(F)F)cn1.Cc1occc1C#N. The molecule has 2 aromatic heterocycles. The molecule has 2 atom stereocenters. The molecule has 0 saturated carbocycles. The standard InChI is InChI=1S/C23H25F4N3S.C6H5NO/c1-6-13(2)22(19(11-28)18-10-20(24)15(4)9-14(18)3)21-8-7-17(12-29-21)31-30-16(5)23(25,26)27;1-5-6(4-7)2-3-8-5/h7-10,12-13,16,30H,6H2,1-5H3;2-3H,1H3/b22-19+;. The predicted octanol–water partition coefficient (Wildman–Crippen LogP) is 8.33. The number of hydrogen-bond acceptors (Lipinski definition) is 6. The van der Waals surface area contributed by atoms with E-state index in [1.807, 2.05) is 26.8 Å². The molecule has 1 N–H and O–H groups in total. The average Bonchev–Trinajstić information content (AvgIpc) is 3.32. The number of aromatic nitrogens is 1. The molecule has 1 aromatic carbocycles. The van der Waals surface area contributed by atoms with Crippen molar-refractivity contribution in [2.24, 2.45) is 5.92 Å². The number of halogens is 4. The van der Waals surface area contributed by atoms with Crippen LogP contribution in [0.3, 0.4) is 0 Å². The number of nitriles is 2. The van der Waals surface area contributed by atoms with Gasteiger partial charge in [0, 0.05) is 11.1 Å². The molecule has 2 heterocycles. The fraction of sp³-hybridized carbons (Fsp3) is 0.345. The average molecular weight is 559 g/mol. The maximum absolute atomic E-state index is 14.3. The molecule has 0 amide bonds. The van der Waals surface area contributed by atoms with Gasteiger partial charge in [-0.2, -0.15) is 23.7 Å². The largest absolute Gasteiger partial charge is 0.468 e. The van der Waals surface area contributed by atoms with Gasteiger partial charge in [0.2, 0.25) is 0 Å². The molecule has 10 heteroatoms. The Morgan fingerprint density at radius 1 is 1.10 bits per heavy atom. The highest BCUT2D eigenvalue weighted by Gasteiger charge is 2.35. The minimum absolute atomic E-state index is 0.0345. The summed E-state index contributed by atoms with van der Waals surface area (Å²) in [4.78, 5) is 4.92. The lowest BCUT2D eigenvalue weighted by molar-refractivity contribution is -0.146. The summed E-state index contributed by atoms with van der Waals surface area (Å²) in [6.45, 7) is 10.2. The minimum atomic E-state index is -4.34. The summed E-state index contributed by atoms with van der Waals surface area (Å²) >= 11 is 0.843. The molecule has 206 valence electrons. The van der Waals surface area contributed by atoms with Crippen molar-refractivity contribution in [1.29, 1.82) is 10.5 Å². The summed E-state index contributed by atoms with van der Waals surface area (Å²) in [5.41, 5.74) is 4.00. The van der Waals surface area contributed by atoms with Crippen LogP contribution in [0.2, 0.25) is 0 Å². The lowest BCUT2D eigenvalue weighted by Crippen LogP contribution is -2.35. The highest BCUT2D eigenvalue weighted by Crippen LogP contribution is 2.35. The molecule has 0 aliphatic heterocycles. The topological polar surface area (TPSA) is 85.6 Å². The van der Waals surface area contributed by atoms with Crippen molar-refractivity contribution in [1.82, 2.24) is 9.71 Å². The zero-order valence-corrected chi connectivity index (χ0v) is 23.4. The Bertz CT molecular complexity index is 1380. The minimum Gasteiger partial charge on any atom is -0.468 e. The zero-order chi connectivity index (χ0) is 29.3. The normalized spacial score (nSPS) is 13.3. The predicted molar refractivity (Wildman–Crippen MR) is 145 cm³/mol. The molecule has 0 saturated heterocycles. The van der Waals surface area contributed by atoms with Crippen molar-refractivity contribution in [2.75, 3.05) is 0 Å². The van der Waals surface area contributed by atoms with Gasteiger partial charge in [-0.05, 0) is 98.5 Å². The van der Waals surface area contributed by atoms with Gasteiger partial charge in [0.1, 0.15) is 29.8 Å². The van der Waals surface area contributed by atoms with E-state index in [-0.39, 0.29) is 11.7 Å². The van der Waals surface area contributed by atoms with E-state index in [1.165, 1.54) is 18.5 Å². The van der Waals surface area contributed by atoms with Crippen LogP contribution < -0.4 is 4.72 Å². The Kier molecular flexibility index (Phi) is 11.3. The smallest absolute Gasteiger partial charge is 0.404 e. The fourth-order valence-corrected chi connectivity index (χ4v) is 4.20. The summed E-state index contributed by atoms with van der Waals surface area (Å²) in [7, 11) is 0. The second-order valence-corrected chi connectivity index (χ2v) is 9.90. The van der Waals surface area contributed by atoms with Gasteiger partial charge in [-0.25, -0.2) is 9.11 Å². The summed E-state index contributed by atoms with van der Waals surface area (Å²) in [5, 5.41) is 18.2. The van der Waals surface area contributed by atoms with Crippen LogP contribution in [0.5, 0.6) is 0 Å². The second kappa shape index (κ2) is 14.0. The quantitative estimate of drug-likeness (QED) is 0.178. The first-order valence-electron chi connectivity index (χ1n) is 12.1. The molecule has 2 unspecified atom stereocenters. The van der Waals surface area contributed by atoms with Crippen molar-refractivity contribution in [3.05, 3.63) is 82.3 Å². The van der Waals surface area contributed by atoms with Crippen LogP contribution in [0.4, 0.5) is 17.6 Å². The molecule has 3 rings (SSSR count). The van der Waals surface area contributed by atoms with E-state index in [9.17, 15) is 22.8 Å². The fourth-order valence-electron chi connectivity index (χ4n) is 3.52. The number of pyridine rings is 1. The van der Waals surface area contributed by atoms with Crippen molar-refractivity contribution in [2.45, 2.75) is 65.1 Å². The lowest BCUT2D eigenvalue weighted by atomic mass is 9.86. The molecule has 0 spiro atoms. The maximum Gasteiger partial charge on any atom is 0.404 e. The van der Waals surface area contributed by atoms with E-state index in [4.69, 9.17) is 9.68 Å². The summed E-state index contributed by atoms with van der Waals surface area (Å²) < 4.78 is 59.4. The van der Waals surface area contributed by atoms with Crippen molar-refractivity contribution in [3.8, 4) is 12.1 Å². The molecular weight excluding hydrogens is 528 g/mol. The van der Waals surface area contributed by atoms with Crippen LogP contribution in [0.15, 0.2) is 52.1 Å². The molecule has 39 heavy (non-hydrogen) atoms. The molecule has 5 nitrogen and oxygen atoms in total. The van der Waals surface area contributed by atoms with E-state index in [1.54, 1.807) is 38.1 Å². The van der Waals surface area contributed by atoms with Crippen LogP contribution in [-0.2, 0) is 0 Å². The van der Waals surface area contributed by atoms with E-state index in [0.717, 1.165) is 30.9 Å². The Hall–Kier alpha value is -3.60.